The molecule has 0 radical (unpaired) electrons. The summed E-state index contributed by atoms with van der Waals surface area (Å²) < 4.78 is 5.73. The molecule has 1 aliphatic rings. The molecule has 0 bridgehead atoms. The first-order valence-corrected chi connectivity index (χ1v) is 9.26. The Labute approximate surface area is 147 Å². The van der Waals surface area contributed by atoms with Crippen molar-refractivity contribution in [3.05, 3.63) is 35.9 Å². The number of ether oxygens (including phenoxy) is 1. The molecule has 2 rings (SSSR count). The molecule has 1 saturated heterocycles. The first kappa shape index (κ1) is 18.8. The van der Waals surface area contributed by atoms with Gasteiger partial charge in [-0.25, -0.2) is 0 Å². The lowest BCUT2D eigenvalue weighted by Gasteiger charge is -2.37. The molecule has 0 aliphatic carbocycles. The van der Waals surface area contributed by atoms with Gasteiger partial charge in [-0.05, 0) is 36.7 Å². The summed E-state index contributed by atoms with van der Waals surface area (Å²) in [5.74, 6) is 2.55. The zero-order chi connectivity index (χ0) is 17.2. The molecule has 4 heteroatoms. The van der Waals surface area contributed by atoms with E-state index in [4.69, 9.17) is 4.74 Å². The Morgan fingerprint density at radius 1 is 1.17 bits per heavy atom. The summed E-state index contributed by atoms with van der Waals surface area (Å²) in [5, 5.41) is 3.51. The predicted octanol–water partition coefficient (Wildman–Crippen LogP) is 3.54. The molecule has 1 aromatic carbocycles. The van der Waals surface area contributed by atoms with E-state index in [0.717, 1.165) is 56.9 Å². The van der Waals surface area contributed by atoms with Crippen molar-refractivity contribution in [2.45, 2.75) is 39.7 Å². The number of hydrogen-bond donors (Lipinski definition) is 1. The summed E-state index contributed by atoms with van der Waals surface area (Å²) in [5.41, 5.74) is 1.24. The number of unbranched alkanes of at least 4 members (excludes halogenated alkanes) is 1. The lowest BCUT2D eigenvalue weighted by atomic mass is 9.92. The van der Waals surface area contributed by atoms with Crippen LogP contribution >= 0.6 is 0 Å². The van der Waals surface area contributed by atoms with Crippen molar-refractivity contribution in [2.24, 2.45) is 16.8 Å². The van der Waals surface area contributed by atoms with E-state index in [1.165, 1.54) is 12.0 Å². The lowest BCUT2D eigenvalue weighted by molar-refractivity contribution is 0.117. The van der Waals surface area contributed by atoms with Crippen LogP contribution in [0.4, 0.5) is 0 Å². The highest BCUT2D eigenvalue weighted by molar-refractivity contribution is 5.79. The number of aliphatic imine (C=N–C) groups is 1. The van der Waals surface area contributed by atoms with Gasteiger partial charge in [-0.1, -0.05) is 44.2 Å². The standard InChI is InChI=1S/C20H33N3O/c1-17-13-18(2)15-23(14-17)20(21-3)22-11-7-8-12-24-16-19-9-5-4-6-10-19/h4-6,9-10,17-18H,7-8,11-16H2,1-3H3,(H,21,22). The molecule has 2 unspecified atom stereocenters. The number of rotatable bonds is 7. The smallest absolute Gasteiger partial charge is 0.193 e. The molecule has 4 nitrogen and oxygen atoms in total. The van der Waals surface area contributed by atoms with Crippen molar-refractivity contribution in [1.29, 1.82) is 0 Å². The number of nitrogens with one attached hydrogen (secondary N) is 1. The Balaban J connectivity index is 1.57. The van der Waals surface area contributed by atoms with Crippen molar-refractivity contribution >= 4 is 5.96 Å². The number of likely N-dealkylation sites (tertiary alicyclic amines) is 1. The Morgan fingerprint density at radius 3 is 2.54 bits per heavy atom. The third-order valence-electron chi connectivity index (χ3n) is 4.49. The minimum Gasteiger partial charge on any atom is -0.377 e. The van der Waals surface area contributed by atoms with Crippen LogP contribution in [0.5, 0.6) is 0 Å². The first-order valence-electron chi connectivity index (χ1n) is 9.26. The maximum Gasteiger partial charge on any atom is 0.193 e. The fraction of sp³-hybridized carbons (Fsp3) is 0.650. The van der Waals surface area contributed by atoms with Crippen molar-refractivity contribution in [3.8, 4) is 0 Å². The van der Waals surface area contributed by atoms with Gasteiger partial charge in [0.15, 0.2) is 5.96 Å². The van der Waals surface area contributed by atoms with Crippen LogP contribution in [0, 0.1) is 11.8 Å². The Bertz CT molecular complexity index is 479. The van der Waals surface area contributed by atoms with E-state index in [0.29, 0.717) is 6.61 Å². The molecular formula is C20H33N3O. The fourth-order valence-electron chi connectivity index (χ4n) is 3.46. The number of hydrogen-bond acceptors (Lipinski definition) is 2. The summed E-state index contributed by atoms with van der Waals surface area (Å²) in [4.78, 5) is 6.86. The molecule has 24 heavy (non-hydrogen) atoms. The third kappa shape index (κ3) is 6.52. The average molecular weight is 332 g/mol. The second-order valence-electron chi connectivity index (χ2n) is 7.07. The molecule has 1 aromatic rings. The van der Waals surface area contributed by atoms with Gasteiger partial charge in [-0.3, -0.25) is 4.99 Å². The Hall–Kier alpha value is -1.55. The molecule has 0 amide bonds. The number of guanidine groups is 1. The van der Waals surface area contributed by atoms with Crippen LogP contribution in [0.15, 0.2) is 35.3 Å². The van der Waals surface area contributed by atoms with Crippen LogP contribution in [0.3, 0.4) is 0 Å². The van der Waals surface area contributed by atoms with Crippen LogP contribution in [-0.2, 0) is 11.3 Å². The molecule has 1 heterocycles. The van der Waals surface area contributed by atoms with Crippen molar-refractivity contribution in [1.82, 2.24) is 10.2 Å². The van der Waals surface area contributed by atoms with Gasteiger partial charge < -0.3 is 15.0 Å². The number of benzene rings is 1. The monoisotopic (exact) mass is 331 g/mol. The van der Waals surface area contributed by atoms with E-state index >= 15 is 0 Å². The highest BCUT2D eigenvalue weighted by Gasteiger charge is 2.23. The zero-order valence-corrected chi connectivity index (χ0v) is 15.5. The van der Waals surface area contributed by atoms with Gasteiger partial charge in [-0.2, -0.15) is 0 Å². The van der Waals surface area contributed by atoms with Crippen LogP contribution in [0.25, 0.3) is 0 Å². The molecule has 1 fully saturated rings. The number of piperidine rings is 1. The highest BCUT2D eigenvalue weighted by Crippen LogP contribution is 2.20. The van der Waals surface area contributed by atoms with Gasteiger partial charge >= 0.3 is 0 Å². The van der Waals surface area contributed by atoms with E-state index < -0.39 is 0 Å². The summed E-state index contributed by atoms with van der Waals surface area (Å²) >= 11 is 0. The van der Waals surface area contributed by atoms with E-state index in [1.54, 1.807) is 0 Å². The first-order chi connectivity index (χ1) is 11.7. The van der Waals surface area contributed by atoms with Crippen molar-refractivity contribution < 1.29 is 4.74 Å². The molecule has 134 valence electrons. The van der Waals surface area contributed by atoms with E-state index in [9.17, 15) is 0 Å². The van der Waals surface area contributed by atoms with Crippen molar-refractivity contribution in [3.63, 3.8) is 0 Å². The van der Waals surface area contributed by atoms with Gasteiger partial charge in [0.1, 0.15) is 0 Å². The summed E-state index contributed by atoms with van der Waals surface area (Å²) in [7, 11) is 1.88. The summed E-state index contributed by atoms with van der Waals surface area (Å²) in [6.45, 7) is 9.38. The van der Waals surface area contributed by atoms with Gasteiger partial charge in [0, 0.05) is 33.3 Å². The van der Waals surface area contributed by atoms with E-state index in [-0.39, 0.29) is 0 Å². The van der Waals surface area contributed by atoms with Crippen LogP contribution in [0.2, 0.25) is 0 Å². The molecule has 0 aromatic heterocycles. The molecule has 2 atom stereocenters. The van der Waals surface area contributed by atoms with Gasteiger partial charge in [0.05, 0.1) is 6.61 Å². The summed E-state index contributed by atoms with van der Waals surface area (Å²) in [6, 6.07) is 10.3. The molecule has 0 spiro atoms. The van der Waals surface area contributed by atoms with Crippen LogP contribution in [0.1, 0.15) is 38.7 Å². The zero-order valence-electron chi connectivity index (χ0n) is 15.5. The molecule has 1 N–H and O–H groups in total. The average Bonchev–Trinajstić information content (AvgIpc) is 2.57. The predicted molar refractivity (Wildman–Crippen MR) is 101 cm³/mol. The second kappa shape index (κ2) is 10.3. The van der Waals surface area contributed by atoms with Crippen LogP contribution < -0.4 is 5.32 Å². The fourth-order valence-corrected chi connectivity index (χ4v) is 3.46. The number of nitrogens with zero attached hydrogens (tertiary/aromatic N) is 2. The molecular weight excluding hydrogens is 298 g/mol. The maximum atomic E-state index is 5.73. The minimum atomic E-state index is 0.708. The van der Waals surface area contributed by atoms with E-state index in [2.05, 4.69) is 53.3 Å². The third-order valence-corrected chi connectivity index (χ3v) is 4.49. The maximum absolute atomic E-state index is 5.73. The Morgan fingerprint density at radius 2 is 1.88 bits per heavy atom. The van der Waals surface area contributed by atoms with Gasteiger partial charge in [0.2, 0.25) is 0 Å². The van der Waals surface area contributed by atoms with E-state index in [1.807, 2.05) is 13.1 Å². The summed E-state index contributed by atoms with van der Waals surface area (Å²) in [6.07, 6.45) is 3.50. The van der Waals surface area contributed by atoms with Gasteiger partial charge in [0.25, 0.3) is 0 Å². The van der Waals surface area contributed by atoms with Crippen LogP contribution in [-0.4, -0.2) is 44.1 Å². The Kier molecular flexibility index (Phi) is 8.10. The molecule has 0 saturated carbocycles. The SMILES string of the molecule is CN=C(NCCCCOCc1ccccc1)N1CC(C)CC(C)C1. The van der Waals surface area contributed by atoms with Gasteiger partial charge in [-0.15, -0.1) is 0 Å². The second-order valence-corrected chi connectivity index (χ2v) is 7.07. The normalized spacial score (nSPS) is 21.8. The molecule has 1 aliphatic heterocycles. The minimum absolute atomic E-state index is 0.708. The largest absolute Gasteiger partial charge is 0.377 e. The lowest BCUT2D eigenvalue weighted by Crippen LogP contribution is -2.48. The highest BCUT2D eigenvalue weighted by atomic mass is 16.5. The topological polar surface area (TPSA) is 36.9 Å². The quantitative estimate of drug-likeness (QED) is 0.472. The van der Waals surface area contributed by atoms with Crippen molar-refractivity contribution in [2.75, 3.05) is 33.3 Å².